The second-order valence-electron chi connectivity index (χ2n) is 5.32. The predicted octanol–water partition coefficient (Wildman–Crippen LogP) is 3.69. The zero-order valence-electron chi connectivity index (χ0n) is 12.2. The summed E-state index contributed by atoms with van der Waals surface area (Å²) in [5, 5.41) is 3.46. The zero-order valence-corrected chi connectivity index (χ0v) is 13.0. The van der Waals surface area contributed by atoms with Crippen molar-refractivity contribution < 1.29 is 4.39 Å². The molecule has 0 aromatic heterocycles. The Morgan fingerprint density at radius 1 is 1.21 bits per heavy atom. The van der Waals surface area contributed by atoms with E-state index in [-0.39, 0.29) is 10.8 Å². The fourth-order valence-corrected chi connectivity index (χ4v) is 2.42. The molecule has 0 spiro atoms. The highest BCUT2D eigenvalue weighted by atomic mass is 35.5. The van der Waals surface area contributed by atoms with Crippen molar-refractivity contribution in [2.24, 2.45) is 0 Å². The quantitative estimate of drug-likeness (QED) is 0.769. The topological polar surface area (TPSA) is 15.3 Å². The molecular formula is C15H24ClFN2. The van der Waals surface area contributed by atoms with E-state index in [1.54, 1.807) is 18.2 Å². The Hall–Kier alpha value is -0.640. The highest BCUT2D eigenvalue weighted by Crippen LogP contribution is 2.17. The molecule has 19 heavy (non-hydrogen) atoms. The summed E-state index contributed by atoms with van der Waals surface area (Å²) in [7, 11) is 0. The molecule has 0 atom stereocenters. The third-order valence-electron chi connectivity index (χ3n) is 3.22. The van der Waals surface area contributed by atoms with Gasteiger partial charge in [0.2, 0.25) is 0 Å². The summed E-state index contributed by atoms with van der Waals surface area (Å²) in [6.45, 7) is 11.1. The number of hydrogen-bond acceptors (Lipinski definition) is 2. The summed E-state index contributed by atoms with van der Waals surface area (Å²) in [6.07, 6.45) is 0. The van der Waals surface area contributed by atoms with E-state index in [1.807, 2.05) is 0 Å². The lowest BCUT2D eigenvalue weighted by Gasteiger charge is -2.30. The van der Waals surface area contributed by atoms with Gasteiger partial charge in [0, 0.05) is 37.3 Å². The Morgan fingerprint density at radius 3 is 2.42 bits per heavy atom. The van der Waals surface area contributed by atoms with Crippen LogP contribution in [-0.2, 0) is 6.54 Å². The maximum absolute atomic E-state index is 13.7. The molecule has 0 heterocycles. The lowest BCUT2D eigenvalue weighted by molar-refractivity contribution is 0.175. The number of nitrogens with one attached hydrogen (secondary N) is 1. The van der Waals surface area contributed by atoms with Crippen LogP contribution in [0.2, 0.25) is 5.02 Å². The molecule has 4 heteroatoms. The summed E-state index contributed by atoms with van der Waals surface area (Å²) in [5.74, 6) is -0.318. The van der Waals surface area contributed by atoms with Crippen molar-refractivity contribution in [1.29, 1.82) is 0 Å². The summed E-state index contributed by atoms with van der Waals surface area (Å²) in [4.78, 5) is 2.40. The molecule has 0 amide bonds. The number of hydrogen-bond donors (Lipinski definition) is 1. The summed E-state index contributed by atoms with van der Waals surface area (Å²) >= 11 is 5.75. The van der Waals surface area contributed by atoms with Crippen LogP contribution in [0.15, 0.2) is 18.2 Å². The molecule has 0 saturated carbocycles. The number of rotatable bonds is 7. The Morgan fingerprint density at radius 2 is 1.84 bits per heavy atom. The monoisotopic (exact) mass is 286 g/mol. The average Bonchev–Trinajstić information content (AvgIpc) is 2.33. The van der Waals surface area contributed by atoms with E-state index in [4.69, 9.17) is 11.6 Å². The molecule has 1 aromatic rings. The van der Waals surface area contributed by atoms with Crippen molar-refractivity contribution in [3.63, 3.8) is 0 Å². The van der Waals surface area contributed by atoms with Crippen LogP contribution in [0, 0.1) is 5.82 Å². The van der Waals surface area contributed by atoms with Gasteiger partial charge in [0.25, 0.3) is 0 Å². The van der Waals surface area contributed by atoms with Crippen LogP contribution in [-0.4, -0.2) is 30.1 Å². The second kappa shape index (κ2) is 7.83. The van der Waals surface area contributed by atoms with E-state index >= 15 is 0 Å². The van der Waals surface area contributed by atoms with Gasteiger partial charge in [-0.1, -0.05) is 23.7 Å². The highest BCUT2D eigenvalue weighted by Gasteiger charge is 2.12. The fraction of sp³-hybridized carbons (Fsp3) is 0.600. The van der Waals surface area contributed by atoms with Crippen LogP contribution < -0.4 is 5.32 Å². The highest BCUT2D eigenvalue weighted by molar-refractivity contribution is 6.30. The third-order valence-corrected chi connectivity index (χ3v) is 3.51. The van der Waals surface area contributed by atoms with Gasteiger partial charge in [0.15, 0.2) is 0 Å². The molecule has 2 nitrogen and oxygen atoms in total. The Labute approximate surface area is 120 Å². The summed E-state index contributed by atoms with van der Waals surface area (Å²) in [6, 6.07) is 6.14. The molecule has 0 aliphatic heterocycles. The first kappa shape index (κ1) is 16.4. The van der Waals surface area contributed by atoms with Crippen molar-refractivity contribution >= 4 is 11.6 Å². The second-order valence-corrected chi connectivity index (χ2v) is 5.72. The SMILES string of the molecule is CC(C)N(CCNCc1cccc(Cl)c1F)C(C)C. The molecule has 0 bridgehead atoms. The van der Waals surface area contributed by atoms with E-state index < -0.39 is 0 Å². The van der Waals surface area contributed by atoms with Crippen LogP contribution in [0.1, 0.15) is 33.3 Å². The molecule has 1 aromatic carbocycles. The van der Waals surface area contributed by atoms with Gasteiger partial charge in [-0.2, -0.15) is 0 Å². The minimum absolute atomic E-state index is 0.185. The van der Waals surface area contributed by atoms with Crippen LogP contribution in [0.25, 0.3) is 0 Å². The zero-order chi connectivity index (χ0) is 14.4. The van der Waals surface area contributed by atoms with E-state index in [0.29, 0.717) is 24.2 Å². The molecule has 0 aliphatic rings. The summed E-state index contributed by atoms with van der Waals surface area (Å²) in [5.41, 5.74) is 0.619. The van der Waals surface area contributed by atoms with Crippen LogP contribution in [0.4, 0.5) is 4.39 Å². The first-order chi connectivity index (χ1) is 8.93. The average molecular weight is 287 g/mol. The third kappa shape index (κ3) is 5.09. The van der Waals surface area contributed by atoms with Crippen molar-refractivity contribution in [1.82, 2.24) is 10.2 Å². The molecule has 0 saturated heterocycles. The number of benzene rings is 1. The molecule has 108 valence electrons. The largest absolute Gasteiger partial charge is 0.311 e. The normalized spacial score (nSPS) is 11.8. The lowest BCUT2D eigenvalue weighted by atomic mass is 10.2. The van der Waals surface area contributed by atoms with Crippen LogP contribution in [0.5, 0.6) is 0 Å². The predicted molar refractivity (Wildman–Crippen MR) is 80.1 cm³/mol. The molecular weight excluding hydrogens is 263 g/mol. The minimum atomic E-state index is -0.318. The van der Waals surface area contributed by atoms with Gasteiger partial charge in [-0.05, 0) is 33.8 Å². The Bertz CT molecular complexity index is 386. The van der Waals surface area contributed by atoms with Gasteiger partial charge in [-0.15, -0.1) is 0 Å². The minimum Gasteiger partial charge on any atom is -0.311 e. The first-order valence-corrected chi connectivity index (χ1v) is 7.20. The van der Waals surface area contributed by atoms with Crippen molar-refractivity contribution in [2.45, 2.75) is 46.3 Å². The maximum Gasteiger partial charge on any atom is 0.146 e. The first-order valence-electron chi connectivity index (χ1n) is 6.82. The Balaban J connectivity index is 2.40. The van der Waals surface area contributed by atoms with Gasteiger partial charge in [0.1, 0.15) is 5.82 Å². The smallest absolute Gasteiger partial charge is 0.146 e. The Kier molecular flexibility index (Phi) is 6.76. The van der Waals surface area contributed by atoms with E-state index in [9.17, 15) is 4.39 Å². The van der Waals surface area contributed by atoms with E-state index in [2.05, 4.69) is 37.9 Å². The molecule has 0 unspecified atom stereocenters. The van der Waals surface area contributed by atoms with Crippen LogP contribution >= 0.6 is 11.6 Å². The van der Waals surface area contributed by atoms with Crippen molar-refractivity contribution in [3.8, 4) is 0 Å². The van der Waals surface area contributed by atoms with Gasteiger partial charge >= 0.3 is 0 Å². The maximum atomic E-state index is 13.7. The number of nitrogens with zero attached hydrogens (tertiary/aromatic N) is 1. The number of halogens is 2. The van der Waals surface area contributed by atoms with E-state index in [0.717, 1.165) is 13.1 Å². The molecule has 1 rings (SSSR count). The molecule has 0 aliphatic carbocycles. The van der Waals surface area contributed by atoms with Crippen molar-refractivity contribution in [3.05, 3.63) is 34.6 Å². The van der Waals surface area contributed by atoms with Gasteiger partial charge in [0.05, 0.1) is 5.02 Å². The standard InChI is InChI=1S/C15H24ClFN2/c1-11(2)19(12(3)4)9-8-18-10-13-6-5-7-14(16)15(13)17/h5-7,11-12,18H,8-10H2,1-4H3. The van der Waals surface area contributed by atoms with Gasteiger partial charge < -0.3 is 5.32 Å². The molecule has 0 radical (unpaired) electrons. The fourth-order valence-electron chi connectivity index (χ4n) is 2.23. The lowest BCUT2D eigenvalue weighted by Crippen LogP contribution is -2.41. The summed E-state index contributed by atoms with van der Waals surface area (Å²) < 4.78 is 13.7. The van der Waals surface area contributed by atoms with Crippen molar-refractivity contribution in [2.75, 3.05) is 13.1 Å². The molecule has 0 fully saturated rings. The van der Waals surface area contributed by atoms with Crippen LogP contribution in [0.3, 0.4) is 0 Å². The van der Waals surface area contributed by atoms with Gasteiger partial charge in [-0.3, -0.25) is 4.90 Å². The van der Waals surface area contributed by atoms with E-state index in [1.165, 1.54) is 0 Å². The molecule has 1 N–H and O–H groups in total. The van der Waals surface area contributed by atoms with Gasteiger partial charge in [-0.25, -0.2) is 4.39 Å².